The van der Waals surface area contributed by atoms with Crippen molar-refractivity contribution in [2.75, 3.05) is 17.2 Å². The van der Waals surface area contributed by atoms with Crippen LogP contribution in [0.4, 0.5) is 26.2 Å². The molecule has 0 radical (unpaired) electrons. The quantitative estimate of drug-likeness (QED) is 0.518. The summed E-state index contributed by atoms with van der Waals surface area (Å²) in [5.74, 6) is -0.757. The fourth-order valence-corrected chi connectivity index (χ4v) is 5.80. The number of rotatable bonds is 6. The highest BCUT2D eigenvalue weighted by Gasteiger charge is 2.42. The highest BCUT2D eigenvalue weighted by atomic mass is 19.1. The smallest absolute Gasteiger partial charge is 0.365 e. The van der Waals surface area contributed by atoms with Crippen molar-refractivity contribution < 1.29 is 8.78 Å². The number of aryl methyl sites for hydroxylation is 1. The van der Waals surface area contributed by atoms with Gasteiger partial charge in [0.25, 0.3) is 0 Å². The van der Waals surface area contributed by atoms with E-state index in [0.717, 1.165) is 60.6 Å². The molecule has 2 N–H and O–H groups in total. The third-order valence-electron chi connectivity index (χ3n) is 8.00. The van der Waals surface area contributed by atoms with Gasteiger partial charge in [0.15, 0.2) is 11.6 Å². The van der Waals surface area contributed by atoms with Gasteiger partial charge in [0, 0.05) is 31.2 Å². The second-order valence-electron chi connectivity index (χ2n) is 11.0. The van der Waals surface area contributed by atoms with Crippen LogP contribution in [-0.2, 0) is 7.05 Å². The molecular weight excluding hydrogens is 480 g/mol. The SMILES string of the molecule is Cn1nnn(-c2cc(Nc3ncc(F)c(NC4CCN5C(CCC5(C)C)C4)n3)c(F)cc2C2CC2)c1=O. The van der Waals surface area contributed by atoms with Crippen LogP contribution in [0.5, 0.6) is 0 Å². The van der Waals surface area contributed by atoms with Crippen LogP contribution in [0.25, 0.3) is 5.69 Å². The standard InChI is InChI=1S/C25H31F2N9O/c1-25(2)8-6-16-10-15(7-9-35(16)25)29-22-19(27)13-28-23(31-22)30-20-12-21(36-24(37)34(3)32-33-36)17(11-18(20)26)14-4-5-14/h11-16H,4-10H2,1-3H3,(H2,28,29,30,31). The number of benzene rings is 1. The number of tetrazole rings is 1. The number of halogens is 2. The van der Waals surface area contributed by atoms with Crippen LogP contribution in [0.15, 0.2) is 23.1 Å². The lowest BCUT2D eigenvalue weighted by atomic mass is 9.97. The Balaban J connectivity index is 1.24. The first-order valence-electron chi connectivity index (χ1n) is 12.9. The lowest BCUT2D eigenvalue weighted by Crippen LogP contribution is -2.50. The number of aromatic nitrogens is 6. The molecule has 1 aromatic carbocycles. The molecule has 3 fully saturated rings. The second-order valence-corrected chi connectivity index (χ2v) is 11.0. The van der Waals surface area contributed by atoms with E-state index in [-0.39, 0.29) is 35.0 Å². The molecule has 12 heteroatoms. The molecule has 2 aromatic heterocycles. The molecule has 1 saturated carbocycles. The van der Waals surface area contributed by atoms with Crippen LogP contribution in [0.3, 0.4) is 0 Å². The Morgan fingerprint density at radius 3 is 2.62 bits per heavy atom. The van der Waals surface area contributed by atoms with E-state index >= 15 is 4.39 Å². The van der Waals surface area contributed by atoms with Gasteiger partial charge < -0.3 is 10.6 Å². The molecule has 2 aliphatic heterocycles. The average molecular weight is 512 g/mol. The summed E-state index contributed by atoms with van der Waals surface area (Å²) in [4.78, 5) is 23.4. The minimum absolute atomic E-state index is 0.0545. The van der Waals surface area contributed by atoms with E-state index in [1.165, 1.54) is 19.2 Å². The summed E-state index contributed by atoms with van der Waals surface area (Å²) in [6.07, 6.45) is 7.02. The third kappa shape index (κ3) is 4.47. The molecule has 0 amide bonds. The number of piperidine rings is 1. The van der Waals surface area contributed by atoms with E-state index in [1.807, 2.05) is 0 Å². The summed E-state index contributed by atoms with van der Waals surface area (Å²) in [7, 11) is 1.50. The van der Waals surface area contributed by atoms with Gasteiger partial charge in [0.1, 0.15) is 5.82 Å². The zero-order valence-electron chi connectivity index (χ0n) is 21.2. The van der Waals surface area contributed by atoms with Crippen LogP contribution in [0.1, 0.15) is 63.9 Å². The normalized spacial score (nSPS) is 23.2. The fourth-order valence-electron chi connectivity index (χ4n) is 5.80. The zero-order chi connectivity index (χ0) is 25.9. The van der Waals surface area contributed by atoms with Crippen molar-refractivity contribution in [3.05, 3.63) is 46.0 Å². The lowest BCUT2D eigenvalue weighted by molar-refractivity contribution is 0.0920. The van der Waals surface area contributed by atoms with E-state index < -0.39 is 17.3 Å². The first-order chi connectivity index (χ1) is 17.7. The number of hydrogen-bond donors (Lipinski definition) is 2. The maximum Gasteiger partial charge on any atom is 0.368 e. The van der Waals surface area contributed by atoms with E-state index in [4.69, 9.17) is 0 Å². The number of anilines is 3. The molecule has 196 valence electrons. The number of fused-ring (bicyclic) bond motifs is 1. The average Bonchev–Trinajstić information content (AvgIpc) is 3.60. The van der Waals surface area contributed by atoms with Crippen molar-refractivity contribution >= 4 is 17.5 Å². The van der Waals surface area contributed by atoms with Gasteiger partial charge in [-0.25, -0.2) is 18.6 Å². The van der Waals surface area contributed by atoms with Crippen molar-refractivity contribution in [3.63, 3.8) is 0 Å². The van der Waals surface area contributed by atoms with E-state index in [9.17, 15) is 9.18 Å². The Morgan fingerprint density at radius 1 is 1.08 bits per heavy atom. The second kappa shape index (κ2) is 8.86. The van der Waals surface area contributed by atoms with Gasteiger partial charge in [-0.1, -0.05) is 0 Å². The molecule has 0 bridgehead atoms. The Hall–Kier alpha value is -3.41. The molecule has 2 unspecified atom stereocenters. The summed E-state index contributed by atoms with van der Waals surface area (Å²) in [5.41, 5.74) is 1.00. The van der Waals surface area contributed by atoms with Crippen molar-refractivity contribution in [1.29, 1.82) is 0 Å². The van der Waals surface area contributed by atoms with Crippen molar-refractivity contribution in [3.8, 4) is 5.69 Å². The molecule has 3 aromatic rings. The molecule has 37 heavy (non-hydrogen) atoms. The molecule has 6 rings (SSSR count). The first-order valence-corrected chi connectivity index (χ1v) is 12.9. The van der Waals surface area contributed by atoms with Gasteiger partial charge in [-0.05, 0) is 86.4 Å². The van der Waals surface area contributed by atoms with Gasteiger partial charge in [-0.15, -0.1) is 0 Å². The number of hydrogen-bond acceptors (Lipinski definition) is 8. The van der Waals surface area contributed by atoms with Crippen molar-refractivity contribution in [2.45, 2.75) is 75.9 Å². The molecule has 2 saturated heterocycles. The van der Waals surface area contributed by atoms with Crippen LogP contribution < -0.4 is 16.3 Å². The Labute approximate surface area is 213 Å². The van der Waals surface area contributed by atoms with E-state index in [0.29, 0.717) is 17.3 Å². The topological polar surface area (TPSA) is 106 Å². The van der Waals surface area contributed by atoms with E-state index in [2.05, 4.69) is 49.8 Å². The monoisotopic (exact) mass is 511 g/mol. The summed E-state index contributed by atoms with van der Waals surface area (Å²) in [6.45, 7) is 5.52. The van der Waals surface area contributed by atoms with Gasteiger partial charge in [0.05, 0.1) is 17.6 Å². The molecule has 10 nitrogen and oxygen atoms in total. The number of nitrogens with one attached hydrogen (secondary N) is 2. The van der Waals surface area contributed by atoms with Crippen LogP contribution >= 0.6 is 0 Å². The minimum Gasteiger partial charge on any atom is -0.365 e. The molecule has 4 heterocycles. The fraction of sp³-hybridized carbons (Fsp3) is 0.560. The molecule has 2 atom stereocenters. The number of nitrogens with zero attached hydrogens (tertiary/aromatic N) is 7. The van der Waals surface area contributed by atoms with Crippen LogP contribution in [-0.4, -0.2) is 58.8 Å². The maximum atomic E-state index is 15.1. The Kier molecular flexibility index (Phi) is 5.74. The molecule has 3 aliphatic rings. The zero-order valence-corrected chi connectivity index (χ0v) is 21.2. The highest BCUT2D eigenvalue weighted by Crippen LogP contribution is 2.44. The summed E-state index contributed by atoms with van der Waals surface area (Å²) >= 11 is 0. The molecule has 0 spiro atoms. The van der Waals surface area contributed by atoms with Gasteiger partial charge in [-0.3, -0.25) is 4.90 Å². The van der Waals surface area contributed by atoms with Crippen LogP contribution in [0.2, 0.25) is 0 Å². The highest BCUT2D eigenvalue weighted by molar-refractivity contribution is 5.62. The predicted octanol–water partition coefficient (Wildman–Crippen LogP) is 3.47. The largest absolute Gasteiger partial charge is 0.368 e. The van der Waals surface area contributed by atoms with Gasteiger partial charge >= 0.3 is 5.69 Å². The first kappa shape index (κ1) is 24.0. The molecular formula is C25H31F2N9O. The van der Waals surface area contributed by atoms with Crippen molar-refractivity contribution in [1.82, 2.24) is 34.7 Å². The Bertz CT molecular complexity index is 1400. The predicted molar refractivity (Wildman–Crippen MR) is 134 cm³/mol. The minimum atomic E-state index is -0.559. The van der Waals surface area contributed by atoms with Crippen molar-refractivity contribution in [2.24, 2.45) is 7.05 Å². The lowest BCUT2D eigenvalue weighted by Gasteiger charge is -2.42. The third-order valence-corrected chi connectivity index (χ3v) is 8.00. The summed E-state index contributed by atoms with van der Waals surface area (Å²) in [5, 5.41) is 13.8. The van der Waals surface area contributed by atoms with Gasteiger partial charge in [-0.2, -0.15) is 14.3 Å². The van der Waals surface area contributed by atoms with Gasteiger partial charge in [0.2, 0.25) is 5.95 Å². The van der Waals surface area contributed by atoms with E-state index in [1.54, 1.807) is 0 Å². The van der Waals surface area contributed by atoms with Crippen LogP contribution in [0, 0.1) is 11.6 Å². The summed E-state index contributed by atoms with van der Waals surface area (Å²) < 4.78 is 32.1. The maximum absolute atomic E-state index is 15.1. The molecule has 1 aliphatic carbocycles. The summed E-state index contributed by atoms with van der Waals surface area (Å²) in [6, 6.07) is 3.50. The Morgan fingerprint density at radius 2 is 1.89 bits per heavy atom.